The second-order valence-electron chi connectivity index (χ2n) is 5.32. The molecule has 1 aromatic heterocycles. The molecule has 0 unspecified atom stereocenters. The van der Waals surface area contributed by atoms with E-state index in [1.54, 1.807) is 20.8 Å². The van der Waals surface area contributed by atoms with Gasteiger partial charge in [0.15, 0.2) is 0 Å². The van der Waals surface area contributed by atoms with Crippen LogP contribution in [0.25, 0.3) is 0 Å². The van der Waals surface area contributed by atoms with Crippen LogP contribution >= 0.6 is 11.6 Å². The highest BCUT2D eigenvalue weighted by Crippen LogP contribution is 2.26. The fraction of sp³-hybridized carbons (Fsp3) is 0.462. The van der Waals surface area contributed by atoms with E-state index in [9.17, 15) is 19.8 Å². The Bertz CT molecular complexity index is 492. The predicted octanol–water partition coefficient (Wildman–Crippen LogP) is 2.00. The molecule has 0 spiro atoms. The molecule has 0 bridgehead atoms. The monoisotopic (exact) mass is 301 g/mol. The van der Waals surface area contributed by atoms with Gasteiger partial charge in [-0.3, -0.25) is 0 Å². The molecule has 0 atom stereocenters. The van der Waals surface area contributed by atoms with E-state index < -0.39 is 23.1 Å². The Morgan fingerprint density at radius 3 is 2.15 bits per heavy atom. The summed E-state index contributed by atoms with van der Waals surface area (Å²) < 4.78 is 5.32. The summed E-state index contributed by atoms with van der Waals surface area (Å²) in [5, 5.41) is 18.9. The second-order valence-corrected chi connectivity index (χ2v) is 5.70. The minimum absolute atomic E-state index is 0.238. The van der Waals surface area contributed by atoms with Crippen molar-refractivity contribution < 1.29 is 24.5 Å². The Morgan fingerprint density at radius 1 is 1.25 bits per heavy atom. The number of carbonyl (C=O) groups is 2. The van der Waals surface area contributed by atoms with Crippen LogP contribution in [-0.2, 0) is 20.7 Å². The van der Waals surface area contributed by atoms with E-state index in [0.717, 1.165) is 0 Å². The number of nitrogens with zero attached hydrogens (tertiary/aromatic N) is 1. The smallest absolute Gasteiger partial charge is 0.348 e. The SMILES string of the molecule is CC(C)(C)OC(Cc1ccc(Cl)nc1)(C(=O)O)C(=O)O. The van der Waals surface area contributed by atoms with Crippen molar-refractivity contribution in [1.82, 2.24) is 4.98 Å². The summed E-state index contributed by atoms with van der Waals surface area (Å²) in [6.07, 6.45) is 0.980. The van der Waals surface area contributed by atoms with Gasteiger partial charge in [-0.1, -0.05) is 17.7 Å². The van der Waals surface area contributed by atoms with Crippen LogP contribution < -0.4 is 0 Å². The van der Waals surface area contributed by atoms with Gasteiger partial charge in [-0.2, -0.15) is 0 Å². The molecule has 0 aliphatic carbocycles. The van der Waals surface area contributed by atoms with Crippen LogP contribution in [0.1, 0.15) is 26.3 Å². The lowest BCUT2D eigenvalue weighted by Crippen LogP contribution is -2.54. The van der Waals surface area contributed by atoms with E-state index in [2.05, 4.69) is 4.98 Å². The average molecular weight is 302 g/mol. The van der Waals surface area contributed by atoms with Crippen LogP contribution in [0.4, 0.5) is 0 Å². The van der Waals surface area contributed by atoms with Crippen LogP contribution in [0.2, 0.25) is 5.15 Å². The lowest BCUT2D eigenvalue weighted by molar-refractivity contribution is -0.199. The first kappa shape index (κ1) is 16.4. The van der Waals surface area contributed by atoms with Gasteiger partial charge >= 0.3 is 11.9 Å². The molecule has 6 nitrogen and oxygen atoms in total. The number of aromatic nitrogens is 1. The number of carboxylic acids is 2. The summed E-state index contributed by atoms with van der Waals surface area (Å²) in [7, 11) is 0. The number of carboxylic acid groups (broad SMARTS) is 2. The van der Waals surface area contributed by atoms with Gasteiger partial charge in [-0.15, -0.1) is 0 Å². The third kappa shape index (κ3) is 3.91. The lowest BCUT2D eigenvalue weighted by atomic mass is 9.94. The standard InChI is InChI=1S/C13H16ClNO5/c1-12(2,3)20-13(10(16)17,11(18)19)6-8-4-5-9(14)15-7-8/h4-5,7H,6H2,1-3H3,(H,16,17)(H,18,19). The van der Waals surface area contributed by atoms with Gasteiger partial charge < -0.3 is 14.9 Å². The molecule has 2 N–H and O–H groups in total. The third-order valence-corrected chi connectivity index (χ3v) is 2.64. The average Bonchev–Trinajstić information content (AvgIpc) is 2.28. The topological polar surface area (TPSA) is 96.7 Å². The molecule has 0 amide bonds. The molecule has 0 radical (unpaired) electrons. The van der Waals surface area contributed by atoms with Crippen molar-refractivity contribution in [2.24, 2.45) is 0 Å². The van der Waals surface area contributed by atoms with Crippen LogP contribution in [0.5, 0.6) is 0 Å². The second kappa shape index (κ2) is 5.76. The highest BCUT2D eigenvalue weighted by atomic mass is 35.5. The molecule has 20 heavy (non-hydrogen) atoms. The molecule has 110 valence electrons. The summed E-state index contributed by atoms with van der Waals surface area (Å²) in [5.41, 5.74) is -2.90. The summed E-state index contributed by atoms with van der Waals surface area (Å²) in [6.45, 7) is 4.77. The van der Waals surface area contributed by atoms with Gasteiger partial charge in [0.25, 0.3) is 5.60 Å². The van der Waals surface area contributed by atoms with Gasteiger partial charge in [-0.05, 0) is 32.4 Å². The van der Waals surface area contributed by atoms with Crippen molar-refractivity contribution in [3.63, 3.8) is 0 Å². The molecule has 0 aromatic carbocycles. The minimum Gasteiger partial charge on any atom is -0.479 e. The molecule has 0 fully saturated rings. The van der Waals surface area contributed by atoms with Crippen LogP contribution in [0, 0.1) is 0 Å². The molecule has 7 heteroatoms. The molecule has 1 heterocycles. The first-order valence-corrected chi connectivity index (χ1v) is 6.22. The van der Waals surface area contributed by atoms with Crippen molar-refractivity contribution in [2.75, 3.05) is 0 Å². The highest BCUT2D eigenvalue weighted by molar-refractivity contribution is 6.29. The van der Waals surface area contributed by atoms with Crippen LogP contribution in [0.3, 0.4) is 0 Å². The number of ether oxygens (including phenoxy) is 1. The Morgan fingerprint density at radius 2 is 1.80 bits per heavy atom. The number of pyridine rings is 1. The maximum absolute atomic E-state index is 11.5. The van der Waals surface area contributed by atoms with E-state index in [1.165, 1.54) is 18.3 Å². The van der Waals surface area contributed by atoms with Crippen LogP contribution in [-0.4, -0.2) is 38.3 Å². The summed E-state index contributed by atoms with van der Waals surface area (Å²) >= 11 is 5.64. The van der Waals surface area contributed by atoms with Crippen molar-refractivity contribution in [3.05, 3.63) is 29.0 Å². The zero-order valence-corrected chi connectivity index (χ0v) is 12.1. The van der Waals surface area contributed by atoms with E-state index >= 15 is 0 Å². The molecular weight excluding hydrogens is 286 g/mol. The molecule has 0 aliphatic heterocycles. The lowest BCUT2D eigenvalue weighted by Gasteiger charge is -2.32. The molecule has 0 saturated heterocycles. The van der Waals surface area contributed by atoms with Crippen molar-refractivity contribution in [2.45, 2.75) is 38.4 Å². The number of hydrogen-bond donors (Lipinski definition) is 2. The van der Waals surface area contributed by atoms with E-state index in [-0.39, 0.29) is 11.6 Å². The fourth-order valence-electron chi connectivity index (χ4n) is 1.69. The zero-order valence-electron chi connectivity index (χ0n) is 11.4. The molecule has 0 aliphatic rings. The first-order chi connectivity index (χ1) is 9.07. The zero-order chi connectivity index (χ0) is 15.6. The van der Waals surface area contributed by atoms with Gasteiger partial charge in [0.2, 0.25) is 0 Å². The summed E-state index contributed by atoms with van der Waals surface area (Å²) in [5.74, 6) is -3.12. The van der Waals surface area contributed by atoms with E-state index in [0.29, 0.717) is 5.56 Å². The minimum atomic E-state index is -2.37. The Kier molecular flexibility index (Phi) is 4.73. The van der Waals surface area contributed by atoms with Crippen LogP contribution in [0.15, 0.2) is 18.3 Å². The molecule has 0 saturated carbocycles. The number of hydrogen-bond acceptors (Lipinski definition) is 4. The number of halogens is 1. The Hall–Kier alpha value is -1.66. The quantitative estimate of drug-likeness (QED) is 0.638. The van der Waals surface area contributed by atoms with Gasteiger partial charge in [-0.25, -0.2) is 14.6 Å². The molecule has 1 rings (SSSR count). The largest absolute Gasteiger partial charge is 0.479 e. The number of aliphatic carboxylic acids is 2. The Balaban J connectivity index is 3.19. The fourth-order valence-corrected chi connectivity index (χ4v) is 1.80. The summed E-state index contributed by atoms with van der Waals surface area (Å²) in [6, 6.07) is 2.98. The number of rotatable bonds is 5. The first-order valence-electron chi connectivity index (χ1n) is 5.84. The van der Waals surface area contributed by atoms with E-state index in [4.69, 9.17) is 16.3 Å². The van der Waals surface area contributed by atoms with Gasteiger partial charge in [0.05, 0.1) is 5.60 Å². The van der Waals surface area contributed by atoms with Crippen molar-refractivity contribution >= 4 is 23.5 Å². The predicted molar refractivity (Wildman–Crippen MR) is 71.8 cm³/mol. The molecule has 1 aromatic rings. The highest BCUT2D eigenvalue weighted by Gasteiger charge is 2.50. The maximum Gasteiger partial charge on any atom is 0.348 e. The van der Waals surface area contributed by atoms with Gasteiger partial charge in [0, 0.05) is 12.6 Å². The van der Waals surface area contributed by atoms with Crippen molar-refractivity contribution in [1.29, 1.82) is 0 Å². The Labute approximate surface area is 121 Å². The maximum atomic E-state index is 11.5. The van der Waals surface area contributed by atoms with Crippen molar-refractivity contribution in [3.8, 4) is 0 Å². The van der Waals surface area contributed by atoms with E-state index in [1.807, 2.05) is 0 Å². The summed E-state index contributed by atoms with van der Waals surface area (Å²) in [4.78, 5) is 26.7. The third-order valence-electron chi connectivity index (χ3n) is 2.41. The normalized spacial score (nSPS) is 12.2. The van der Waals surface area contributed by atoms with Gasteiger partial charge in [0.1, 0.15) is 5.15 Å². The molecular formula is C13H16ClNO5.